The summed E-state index contributed by atoms with van der Waals surface area (Å²) in [7, 11) is 1.53. The molecular formula is C23H26ClN5O3. The SMILES string of the molecule is COC(C)C(=O)N[C@H]1CC[C@@H](Nc2ncnc3[nH]cc(C(=O)c4ccccc4Cl)c23)CC1. The van der Waals surface area contributed by atoms with Gasteiger partial charge in [-0.1, -0.05) is 23.7 Å². The van der Waals surface area contributed by atoms with E-state index in [-0.39, 0.29) is 23.8 Å². The number of nitrogens with one attached hydrogen (secondary N) is 3. The molecule has 1 aliphatic carbocycles. The fourth-order valence-corrected chi connectivity index (χ4v) is 4.26. The van der Waals surface area contributed by atoms with E-state index < -0.39 is 6.10 Å². The molecule has 32 heavy (non-hydrogen) atoms. The maximum atomic E-state index is 13.2. The normalized spacial score (nSPS) is 19.5. The van der Waals surface area contributed by atoms with Crippen molar-refractivity contribution in [2.24, 2.45) is 0 Å². The molecule has 1 atom stereocenters. The van der Waals surface area contributed by atoms with Gasteiger partial charge in [0.05, 0.1) is 16.0 Å². The number of carbonyl (C=O) groups excluding carboxylic acids is 2. The summed E-state index contributed by atoms with van der Waals surface area (Å²) in [5.74, 6) is 0.349. The molecular weight excluding hydrogens is 430 g/mol. The molecule has 0 aliphatic heterocycles. The fourth-order valence-electron chi connectivity index (χ4n) is 4.04. The van der Waals surface area contributed by atoms with Gasteiger partial charge in [-0.3, -0.25) is 9.59 Å². The van der Waals surface area contributed by atoms with Crippen LogP contribution < -0.4 is 10.6 Å². The number of hydrogen-bond acceptors (Lipinski definition) is 6. The van der Waals surface area contributed by atoms with Crippen LogP contribution in [0.3, 0.4) is 0 Å². The lowest BCUT2D eigenvalue weighted by molar-refractivity contribution is -0.131. The molecule has 0 bridgehead atoms. The van der Waals surface area contributed by atoms with Gasteiger partial charge in [0.2, 0.25) is 5.91 Å². The van der Waals surface area contributed by atoms with Gasteiger partial charge in [-0.15, -0.1) is 0 Å². The lowest BCUT2D eigenvalue weighted by Gasteiger charge is -2.30. The van der Waals surface area contributed by atoms with Crippen molar-refractivity contribution in [1.29, 1.82) is 0 Å². The van der Waals surface area contributed by atoms with E-state index in [0.29, 0.717) is 33.0 Å². The monoisotopic (exact) mass is 455 g/mol. The van der Waals surface area contributed by atoms with Crippen LogP contribution in [-0.4, -0.2) is 51.9 Å². The molecule has 8 nitrogen and oxygen atoms in total. The number of rotatable bonds is 7. The Hall–Kier alpha value is -2.97. The van der Waals surface area contributed by atoms with E-state index in [9.17, 15) is 9.59 Å². The molecule has 4 rings (SSSR count). The van der Waals surface area contributed by atoms with Crippen molar-refractivity contribution in [3.05, 3.63) is 52.9 Å². The van der Waals surface area contributed by atoms with Gasteiger partial charge >= 0.3 is 0 Å². The molecule has 168 valence electrons. The first-order valence-corrected chi connectivity index (χ1v) is 11.1. The molecule has 1 saturated carbocycles. The standard InChI is InChI=1S/C23H26ClN5O3/c1-13(32-2)23(31)29-15-9-7-14(8-10-15)28-22-19-17(11-25-21(19)26-12-27-22)20(30)16-5-3-4-6-18(16)24/h3-6,11-15H,7-10H2,1-2H3,(H,29,31)(H2,25,26,27,28)/t13?,14-,15+. The topological polar surface area (TPSA) is 109 Å². The van der Waals surface area contributed by atoms with Crippen molar-refractivity contribution in [1.82, 2.24) is 20.3 Å². The summed E-state index contributed by atoms with van der Waals surface area (Å²) in [4.78, 5) is 37.0. The maximum Gasteiger partial charge on any atom is 0.249 e. The van der Waals surface area contributed by atoms with Crippen molar-refractivity contribution < 1.29 is 14.3 Å². The third kappa shape index (κ3) is 4.61. The molecule has 9 heteroatoms. The number of ketones is 1. The van der Waals surface area contributed by atoms with E-state index in [1.807, 2.05) is 0 Å². The average Bonchev–Trinajstić information content (AvgIpc) is 3.25. The predicted octanol–water partition coefficient (Wildman–Crippen LogP) is 3.72. The zero-order chi connectivity index (χ0) is 22.7. The van der Waals surface area contributed by atoms with E-state index in [2.05, 4.69) is 25.6 Å². The van der Waals surface area contributed by atoms with Crippen LogP contribution in [0, 0.1) is 0 Å². The Morgan fingerprint density at radius 2 is 1.84 bits per heavy atom. The first-order chi connectivity index (χ1) is 15.5. The number of methoxy groups -OCH3 is 1. The number of benzene rings is 1. The summed E-state index contributed by atoms with van der Waals surface area (Å²) in [5.41, 5.74) is 1.50. The number of hydrogen-bond donors (Lipinski definition) is 3. The van der Waals surface area contributed by atoms with E-state index in [4.69, 9.17) is 16.3 Å². The highest BCUT2D eigenvalue weighted by atomic mass is 35.5. The minimum absolute atomic E-state index is 0.0866. The number of halogens is 1. The van der Waals surface area contributed by atoms with Crippen LogP contribution in [0.15, 0.2) is 36.8 Å². The number of ether oxygens (including phenoxy) is 1. The van der Waals surface area contributed by atoms with Gasteiger partial charge < -0.3 is 20.4 Å². The van der Waals surface area contributed by atoms with Crippen LogP contribution in [0.2, 0.25) is 5.02 Å². The smallest absolute Gasteiger partial charge is 0.249 e. The molecule has 0 saturated heterocycles. The molecule has 1 aromatic carbocycles. The van der Waals surface area contributed by atoms with Gasteiger partial charge in [0.1, 0.15) is 23.9 Å². The Kier molecular flexibility index (Phi) is 6.72. The summed E-state index contributed by atoms with van der Waals surface area (Å²) in [6.45, 7) is 1.74. The van der Waals surface area contributed by atoms with Crippen molar-refractivity contribution in [2.75, 3.05) is 12.4 Å². The second kappa shape index (κ2) is 9.67. The summed E-state index contributed by atoms with van der Waals surface area (Å²) < 4.78 is 5.08. The van der Waals surface area contributed by atoms with Crippen molar-refractivity contribution in [3.63, 3.8) is 0 Å². The summed E-state index contributed by atoms with van der Waals surface area (Å²) in [6, 6.07) is 7.30. The minimum Gasteiger partial charge on any atom is -0.372 e. The van der Waals surface area contributed by atoms with Gasteiger partial charge in [0, 0.05) is 31.0 Å². The molecule has 1 amide bonds. The number of anilines is 1. The Morgan fingerprint density at radius 3 is 2.56 bits per heavy atom. The van der Waals surface area contributed by atoms with E-state index >= 15 is 0 Å². The van der Waals surface area contributed by atoms with Crippen LogP contribution in [0.25, 0.3) is 11.0 Å². The van der Waals surface area contributed by atoms with Gasteiger partial charge in [0.25, 0.3) is 0 Å². The van der Waals surface area contributed by atoms with Crippen molar-refractivity contribution >= 4 is 40.1 Å². The largest absolute Gasteiger partial charge is 0.372 e. The van der Waals surface area contributed by atoms with Crippen LogP contribution in [-0.2, 0) is 9.53 Å². The average molecular weight is 456 g/mol. The van der Waals surface area contributed by atoms with Crippen LogP contribution >= 0.6 is 11.6 Å². The predicted molar refractivity (Wildman–Crippen MR) is 123 cm³/mol. The first-order valence-electron chi connectivity index (χ1n) is 10.7. The van der Waals surface area contributed by atoms with E-state index in [1.54, 1.807) is 37.4 Å². The maximum absolute atomic E-state index is 13.2. The second-order valence-corrected chi connectivity index (χ2v) is 8.44. The number of aromatic nitrogens is 3. The third-order valence-electron chi connectivity index (χ3n) is 5.97. The number of fused-ring (bicyclic) bond motifs is 1. The van der Waals surface area contributed by atoms with Crippen LogP contribution in [0.5, 0.6) is 0 Å². The number of aromatic amines is 1. The Labute approximate surface area is 191 Å². The number of nitrogens with zero attached hydrogens (tertiary/aromatic N) is 2. The number of amides is 1. The Balaban J connectivity index is 1.49. The van der Waals surface area contributed by atoms with Crippen molar-refractivity contribution in [2.45, 2.75) is 50.8 Å². The number of carbonyl (C=O) groups is 2. The summed E-state index contributed by atoms with van der Waals surface area (Å²) in [6.07, 6.45) is 6.12. The highest BCUT2D eigenvalue weighted by molar-refractivity contribution is 6.35. The van der Waals surface area contributed by atoms with E-state index in [0.717, 1.165) is 25.7 Å². The van der Waals surface area contributed by atoms with Gasteiger partial charge in [-0.05, 0) is 44.7 Å². The second-order valence-electron chi connectivity index (χ2n) is 8.04. The molecule has 0 radical (unpaired) electrons. The molecule has 3 aromatic rings. The molecule has 2 heterocycles. The quantitative estimate of drug-likeness (QED) is 0.468. The van der Waals surface area contributed by atoms with Crippen LogP contribution in [0.4, 0.5) is 5.82 Å². The molecule has 3 N–H and O–H groups in total. The summed E-state index contributed by atoms with van der Waals surface area (Å²) in [5, 5.41) is 7.59. The first kappa shape index (κ1) is 22.2. The Bertz CT molecular complexity index is 1120. The fraction of sp³-hybridized carbons (Fsp3) is 0.391. The molecule has 1 aliphatic rings. The minimum atomic E-state index is -0.456. The highest BCUT2D eigenvalue weighted by Gasteiger charge is 2.26. The molecule has 1 fully saturated rings. The number of H-pyrrole nitrogens is 1. The molecule has 1 unspecified atom stereocenters. The Morgan fingerprint density at radius 1 is 1.12 bits per heavy atom. The third-order valence-corrected chi connectivity index (χ3v) is 6.30. The molecule has 2 aromatic heterocycles. The lowest BCUT2D eigenvalue weighted by Crippen LogP contribution is -2.44. The zero-order valence-electron chi connectivity index (χ0n) is 18.0. The zero-order valence-corrected chi connectivity index (χ0v) is 18.8. The van der Waals surface area contributed by atoms with Gasteiger partial charge in [-0.25, -0.2) is 9.97 Å². The summed E-state index contributed by atoms with van der Waals surface area (Å²) >= 11 is 6.25. The van der Waals surface area contributed by atoms with Crippen LogP contribution in [0.1, 0.15) is 48.5 Å². The van der Waals surface area contributed by atoms with E-state index in [1.165, 1.54) is 13.4 Å². The van der Waals surface area contributed by atoms with Gasteiger partial charge in [0.15, 0.2) is 5.78 Å². The van der Waals surface area contributed by atoms with Gasteiger partial charge in [-0.2, -0.15) is 0 Å². The molecule has 0 spiro atoms. The lowest BCUT2D eigenvalue weighted by atomic mass is 9.91. The van der Waals surface area contributed by atoms with Crippen molar-refractivity contribution in [3.8, 4) is 0 Å². The highest BCUT2D eigenvalue weighted by Crippen LogP contribution is 2.30.